The van der Waals surface area contributed by atoms with Gasteiger partial charge in [0.2, 0.25) is 0 Å². The molecule has 0 aromatic heterocycles. The molecule has 0 heterocycles. The third-order valence-corrected chi connectivity index (χ3v) is 22.5. The molecule has 0 spiro atoms. The van der Waals surface area contributed by atoms with Crippen molar-refractivity contribution in [1.82, 2.24) is 0 Å². The molecule has 105 heavy (non-hydrogen) atoms. The van der Waals surface area contributed by atoms with Crippen LogP contribution in [0.4, 0.5) is 0 Å². The highest BCUT2D eigenvalue weighted by Gasteiger charge is 2.30. The molecule has 0 radical (unpaired) electrons. The first-order chi connectivity index (χ1) is 50.9. The van der Waals surface area contributed by atoms with Crippen molar-refractivity contribution >= 4 is 39.5 Å². The Labute approximate surface area is 645 Å². The standard InChI is InChI=1S/C86H168O17P2/c1-7-10-12-14-16-18-20-22-24-26-27-29-33-37-41-45-49-56-62-68-83(88)96-74-81(102-85(90)70-64-59-51-47-43-39-35-31-30-32-36-40-44-48-54-60-66-78(4)5)76-100-104(92,93)98-72-80(87)73-99-105(94,95)101-77-82(75-97-84(89)69-63-57-53-52-55-61-67-79(6)9-3)103-86(91)71-65-58-50-46-42-38-34-28-25-23-21-19-17-15-13-11-8-2/h78-82,87H,7-77H2,1-6H3,(H,92,93)(H,94,95)/t79?,80-,81-,82-/m1/s1. The van der Waals surface area contributed by atoms with Gasteiger partial charge in [0.15, 0.2) is 12.2 Å². The van der Waals surface area contributed by atoms with Crippen LogP contribution in [0.2, 0.25) is 0 Å². The van der Waals surface area contributed by atoms with Gasteiger partial charge in [0.05, 0.1) is 26.4 Å². The molecule has 0 aliphatic heterocycles. The number of ether oxygens (including phenoxy) is 4. The Morgan fingerprint density at radius 3 is 0.724 bits per heavy atom. The average molecular weight is 1540 g/mol. The molecular weight excluding hydrogens is 1370 g/mol. The van der Waals surface area contributed by atoms with Gasteiger partial charge in [-0.15, -0.1) is 0 Å². The number of phosphoric acid groups is 2. The molecular formula is C86H168O17P2. The molecule has 0 bridgehead atoms. The van der Waals surface area contributed by atoms with Gasteiger partial charge in [-0.1, -0.05) is 408 Å². The van der Waals surface area contributed by atoms with Gasteiger partial charge in [-0.05, 0) is 37.5 Å². The minimum absolute atomic E-state index is 0.108. The monoisotopic (exact) mass is 1540 g/mol. The van der Waals surface area contributed by atoms with Crippen molar-refractivity contribution in [1.29, 1.82) is 0 Å². The minimum atomic E-state index is -4.97. The lowest BCUT2D eigenvalue weighted by Gasteiger charge is -2.21. The molecule has 0 saturated carbocycles. The third kappa shape index (κ3) is 78.5. The summed E-state index contributed by atoms with van der Waals surface area (Å²) in [5, 5.41) is 10.7. The summed E-state index contributed by atoms with van der Waals surface area (Å²) in [7, 11) is -9.93. The van der Waals surface area contributed by atoms with Gasteiger partial charge in [0.1, 0.15) is 19.3 Å². The van der Waals surface area contributed by atoms with Gasteiger partial charge >= 0.3 is 39.5 Å². The number of unbranched alkanes of at least 4 members (excludes halogenated alkanes) is 54. The van der Waals surface area contributed by atoms with E-state index in [4.69, 9.17) is 37.0 Å². The molecule has 0 amide bonds. The van der Waals surface area contributed by atoms with E-state index in [-0.39, 0.29) is 25.7 Å². The number of rotatable bonds is 85. The van der Waals surface area contributed by atoms with Gasteiger partial charge < -0.3 is 33.8 Å². The number of aliphatic hydroxyl groups is 1. The van der Waals surface area contributed by atoms with Crippen molar-refractivity contribution in [3.05, 3.63) is 0 Å². The Hall–Kier alpha value is -1.94. The van der Waals surface area contributed by atoms with E-state index >= 15 is 0 Å². The van der Waals surface area contributed by atoms with E-state index in [1.807, 2.05) is 0 Å². The van der Waals surface area contributed by atoms with E-state index in [1.165, 1.54) is 270 Å². The second-order valence-electron chi connectivity index (χ2n) is 31.6. The van der Waals surface area contributed by atoms with E-state index < -0.39 is 97.5 Å². The molecule has 3 unspecified atom stereocenters. The van der Waals surface area contributed by atoms with Crippen LogP contribution in [0.15, 0.2) is 0 Å². The van der Waals surface area contributed by atoms with Crippen LogP contribution in [0.3, 0.4) is 0 Å². The molecule has 17 nitrogen and oxygen atoms in total. The van der Waals surface area contributed by atoms with Gasteiger partial charge in [-0.2, -0.15) is 0 Å². The number of carbonyl (C=O) groups excluding carboxylic acids is 4. The van der Waals surface area contributed by atoms with Crippen molar-refractivity contribution in [3.8, 4) is 0 Å². The quantitative estimate of drug-likeness (QED) is 0.0222. The predicted molar refractivity (Wildman–Crippen MR) is 432 cm³/mol. The Morgan fingerprint density at radius 1 is 0.276 bits per heavy atom. The second-order valence-corrected chi connectivity index (χ2v) is 34.6. The van der Waals surface area contributed by atoms with Crippen LogP contribution in [0.25, 0.3) is 0 Å². The van der Waals surface area contributed by atoms with E-state index in [9.17, 15) is 43.2 Å². The number of hydrogen-bond donors (Lipinski definition) is 3. The van der Waals surface area contributed by atoms with Gasteiger partial charge in [0.25, 0.3) is 0 Å². The summed E-state index contributed by atoms with van der Waals surface area (Å²) in [6.45, 7) is 9.66. The molecule has 0 aromatic carbocycles. The van der Waals surface area contributed by atoms with Crippen molar-refractivity contribution in [3.63, 3.8) is 0 Å². The van der Waals surface area contributed by atoms with Crippen molar-refractivity contribution < 1.29 is 80.2 Å². The zero-order valence-electron chi connectivity index (χ0n) is 69.0. The molecule has 6 atom stereocenters. The van der Waals surface area contributed by atoms with E-state index in [1.54, 1.807) is 0 Å². The highest BCUT2D eigenvalue weighted by Crippen LogP contribution is 2.45. The van der Waals surface area contributed by atoms with Crippen LogP contribution < -0.4 is 0 Å². The van der Waals surface area contributed by atoms with Crippen LogP contribution in [0, 0.1) is 11.8 Å². The lowest BCUT2D eigenvalue weighted by molar-refractivity contribution is -0.161. The molecule has 0 fully saturated rings. The van der Waals surface area contributed by atoms with E-state index in [0.29, 0.717) is 25.7 Å². The first-order valence-corrected chi connectivity index (χ1v) is 47.5. The lowest BCUT2D eigenvalue weighted by Crippen LogP contribution is -2.30. The topological polar surface area (TPSA) is 237 Å². The molecule has 0 aromatic rings. The maximum atomic E-state index is 13.1. The summed E-state index contributed by atoms with van der Waals surface area (Å²) in [5.41, 5.74) is 0. The minimum Gasteiger partial charge on any atom is -0.462 e. The third-order valence-electron chi connectivity index (χ3n) is 20.6. The number of aliphatic hydroxyl groups excluding tert-OH is 1. The first kappa shape index (κ1) is 103. The van der Waals surface area contributed by atoms with Crippen LogP contribution in [0.5, 0.6) is 0 Å². The van der Waals surface area contributed by atoms with Gasteiger partial charge in [-0.25, -0.2) is 9.13 Å². The smallest absolute Gasteiger partial charge is 0.462 e. The predicted octanol–water partition coefficient (Wildman–Crippen LogP) is 26.2. The molecule has 19 heteroatoms. The molecule has 0 saturated heterocycles. The maximum Gasteiger partial charge on any atom is 0.472 e. The Bertz CT molecular complexity index is 2010. The fraction of sp³-hybridized carbons (Fsp3) is 0.953. The van der Waals surface area contributed by atoms with Crippen molar-refractivity contribution in [2.24, 2.45) is 11.8 Å². The van der Waals surface area contributed by atoms with Gasteiger partial charge in [0, 0.05) is 25.7 Å². The summed E-state index contributed by atoms with van der Waals surface area (Å²) in [6, 6.07) is 0. The largest absolute Gasteiger partial charge is 0.472 e. The van der Waals surface area contributed by atoms with E-state index in [0.717, 1.165) is 108 Å². The Balaban J connectivity index is 5.23. The summed E-state index contributed by atoms with van der Waals surface area (Å²) in [4.78, 5) is 73.2. The SMILES string of the molecule is CCCCCCCCCCCCCCCCCCCCCC(=O)OC[C@H](COP(=O)(O)OC[C@@H](O)COP(=O)(O)OC[C@@H](COC(=O)CCCCCCCCC(C)CC)OC(=O)CCCCCCCCCCCCCCCCCCC)OC(=O)CCCCCCCCCCCCCCCCCCC(C)C. The van der Waals surface area contributed by atoms with Crippen molar-refractivity contribution in [2.75, 3.05) is 39.6 Å². The Kier molecular flexibility index (Phi) is 76.0. The lowest BCUT2D eigenvalue weighted by atomic mass is 10.00. The summed E-state index contributed by atoms with van der Waals surface area (Å²) >= 11 is 0. The van der Waals surface area contributed by atoms with Gasteiger partial charge in [-0.3, -0.25) is 37.3 Å². The molecule has 0 aliphatic rings. The van der Waals surface area contributed by atoms with Crippen LogP contribution in [-0.2, 0) is 65.4 Å². The average Bonchev–Trinajstić information content (AvgIpc) is 1.03. The Morgan fingerprint density at radius 2 is 0.486 bits per heavy atom. The summed E-state index contributed by atoms with van der Waals surface area (Å²) < 4.78 is 68.9. The summed E-state index contributed by atoms with van der Waals surface area (Å²) in [5.74, 6) is -0.563. The zero-order chi connectivity index (χ0) is 77.1. The molecule has 624 valence electrons. The van der Waals surface area contributed by atoms with Crippen molar-refractivity contribution in [2.45, 2.75) is 477 Å². The second kappa shape index (κ2) is 77.4. The fourth-order valence-corrected chi connectivity index (χ4v) is 15.0. The first-order valence-electron chi connectivity index (χ1n) is 44.5. The molecule has 0 aliphatic carbocycles. The number of esters is 4. The fourth-order valence-electron chi connectivity index (χ4n) is 13.4. The van der Waals surface area contributed by atoms with Crippen LogP contribution in [0.1, 0.15) is 459 Å². The highest BCUT2D eigenvalue weighted by atomic mass is 31.2. The normalized spacial score (nSPS) is 14.1. The number of hydrogen-bond acceptors (Lipinski definition) is 15. The summed E-state index contributed by atoms with van der Waals surface area (Å²) in [6.07, 6.45) is 69.5. The van der Waals surface area contributed by atoms with Crippen LogP contribution >= 0.6 is 15.6 Å². The number of carbonyl (C=O) groups is 4. The zero-order valence-corrected chi connectivity index (χ0v) is 70.8. The molecule has 0 rings (SSSR count). The maximum absolute atomic E-state index is 13.1. The van der Waals surface area contributed by atoms with E-state index in [2.05, 4.69) is 41.5 Å². The number of phosphoric ester groups is 2. The molecule has 3 N–H and O–H groups in total. The van der Waals surface area contributed by atoms with Crippen LogP contribution in [-0.4, -0.2) is 96.7 Å². The highest BCUT2D eigenvalue weighted by molar-refractivity contribution is 7.47.